The van der Waals surface area contributed by atoms with Crippen molar-refractivity contribution in [3.8, 4) is 11.1 Å². The van der Waals surface area contributed by atoms with Crippen molar-refractivity contribution < 1.29 is 0 Å². The first-order valence-corrected chi connectivity index (χ1v) is 12.6. The van der Waals surface area contributed by atoms with E-state index in [0.29, 0.717) is 28.1 Å². The van der Waals surface area contributed by atoms with E-state index in [1.54, 1.807) is 31.7 Å². The Morgan fingerprint density at radius 2 is 1.86 bits per heavy atom. The lowest BCUT2D eigenvalue weighted by atomic mass is 9.75. The Morgan fingerprint density at radius 3 is 2.51 bits per heavy atom. The second-order valence-electron chi connectivity index (χ2n) is 10.4. The maximum Gasteiger partial charge on any atom is 0.222 e. The SMILES string of the molecule is CNc1ncc(-c2cc3c(N[C@@H]4CC[C@](C)(N)C4(C)C)c(C(N)=Nc4ccccc4Cl)cnn3c2)cn1. The number of rotatable bonds is 6. The molecule has 1 aromatic carbocycles. The monoisotopic (exact) mass is 517 g/mol. The molecule has 37 heavy (non-hydrogen) atoms. The van der Waals surface area contributed by atoms with Gasteiger partial charge in [-0.2, -0.15) is 5.10 Å². The molecule has 1 saturated carbocycles. The van der Waals surface area contributed by atoms with Crippen LogP contribution >= 0.6 is 11.6 Å². The van der Waals surface area contributed by atoms with Crippen molar-refractivity contribution in [1.82, 2.24) is 19.6 Å². The standard InChI is InChI=1S/C27H32ClN9/c1-26(2)22(9-10-27(26,3)30)36-23-18(24(29)35-20-8-6-5-7-19(20)28)14-34-37-15-16(11-21(23)37)17-12-32-25(31-4)33-13-17/h5-8,11-15,22,36H,9-10,30H2,1-4H3,(H2,29,35)(H,31,32,33)/t22-,27+/m1/s1. The molecule has 0 unspecified atom stereocenters. The van der Waals surface area contributed by atoms with Crippen LogP contribution in [-0.2, 0) is 0 Å². The largest absolute Gasteiger partial charge is 0.383 e. The number of hydrogen-bond acceptors (Lipinski definition) is 7. The number of benzene rings is 1. The number of fused-ring (bicyclic) bond motifs is 1. The summed E-state index contributed by atoms with van der Waals surface area (Å²) in [7, 11) is 1.79. The van der Waals surface area contributed by atoms with Crippen molar-refractivity contribution in [2.75, 3.05) is 17.7 Å². The van der Waals surface area contributed by atoms with Crippen molar-refractivity contribution in [2.45, 2.75) is 45.2 Å². The highest BCUT2D eigenvalue weighted by atomic mass is 35.5. The molecule has 0 spiro atoms. The highest BCUT2D eigenvalue weighted by Gasteiger charge is 2.49. The molecule has 1 aliphatic rings. The van der Waals surface area contributed by atoms with E-state index in [9.17, 15) is 0 Å². The Hall–Kier alpha value is -3.69. The summed E-state index contributed by atoms with van der Waals surface area (Å²) in [6.45, 7) is 6.54. The molecule has 2 atom stereocenters. The number of hydrogen-bond donors (Lipinski definition) is 4. The Morgan fingerprint density at radius 1 is 1.14 bits per heavy atom. The van der Waals surface area contributed by atoms with Crippen molar-refractivity contribution >= 4 is 40.3 Å². The van der Waals surface area contributed by atoms with Crippen molar-refractivity contribution in [3.63, 3.8) is 0 Å². The van der Waals surface area contributed by atoms with Gasteiger partial charge in [-0.05, 0) is 38.0 Å². The van der Waals surface area contributed by atoms with Gasteiger partial charge >= 0.3 is 0 Å². The summed E-state index contributed by atoms with van der Waals surface area (Å²) in [5.74, 6) is 0.883. The normalized spacial score (nSPS) is 21.4. The number of anilines is 2. The summed E-state index contributed by atoms with van der Waals surface area (Å²) in [5.41, 5.74) is 17.6. The minimum absolute atomic E-state index is 0.122. The van der Waals surface area contributed by atoms with Crippen LogP contribution in [0.5, 0.6) is 0 Å². The smallest absolute Gasteiger partial charge is 0.222 e. The van der Waals surface area contributed by atoms with Gasteiger partial charge in [-0.3, -0.25) is 0 Å². The number of aliphatic imine (C=N–C) groups is 1. The summed E-state index contributed by atoms with van der Waals surface area (Å²) < 4.78 is 1.83. The number of nitrogens with two attached hydrogens (primary N) is 2. The molecule has 192 valence electrons. The zero-order valence-electron chi connectivity index (χ0n) is 21.5. The maximum absolute atomic E-state index is 6.69. The van der Waals surface area contributed by atoms with Crippen LogP contribution in [0.3, 0.4) is 0 Å². The fraction of sp³-hybridized carbons (Fsp3) is 0.333. The lowest BCUT2D eigenvalue weighted by Gasteiger charge is -2.39. The number of aromatic nitrogens is 4. The third-order valence-electron chi connectivity index (χ3n) is 7.83. The Balaban J connectivity index is 1.64. The molecular weight excluding hydrogens is 486 g/mol. The van der Waals surface area contributed by atoms with Crippen LogP contribution in [0.25, 0.3) is 16.6 Å². The number of nitrogens with zero attached hydrogens (tertiary/aromatic N) is 5. The predicted octanol–water partition coefficient (Wildman–Crippen LogP) is 4.84. The first kappa shape index (κ1) is 25.0. The molecule has 6 N–H and O–H groups in total. The van der Waals surface area contributed by atoms with Crippen LogP contribution in [0.1, 0.15) is 39.2 Å². The van der Waals surface area contributed by atoms with Gasteiger partial charge in [0.15, 0.2) is 0 Å². The Bertz CT molecular complexity index is 1470. The molecule has 3 heterocycles. The molecule has 1 aliphatic carbocycles. The topological polar surface area (TPSA) is 132 Å². The van der Waals surface area contributed by atoms with Gasteiger partial charge in [0.1, 0.15) is 5.84 Å². The highest BCUT2D eigenvalue weighted by molar-refractivity contribution is 6.33. The lowest BCUT2D eigenvalue weighted by molar-refractivity contribution is 0.215. The third kappa shape index (κ3) is 4.49. The first-order chi connectivity index (χ1) is 17.6. The van der Waals surface area contributed by atoms with E-state index in [2.05, 4.69) is 57.5 Å². The molecule has 9 nitrogen and oxygen atoms in total. The van der Waals surface area contributed by atoms with Gasteiger partial charge in [-0.25, -0.2) is 19.5 Å². The van der Waals surface area contributed by atoms with Crippen molar-refractivity contribution in [1.29, 1.82) is 0 Å². The molecule has 0 radical (unpaired) electrons. The fourth-order valence-corrected chi connectivity index (χ4v) is 5.03. The molecule has 0 bridgehead atoms. The average molecular weight is 518 g/mol. The second-order valence-corrected chi connectivity index (χ2v) is 10.8. The first-order valence-electron chi connectivity index (χ1n) is 12.3. The lowest BCUT2D eigenvalue weighted by Crippen LogP contribution is -2.51. The second kappa shape index (κ2) is 9.32. The van der Waals surface area contributed by atoms with Gasteiger partial charge in [0.2, 0.25) is 5.95 Å². The van der Waals surface area contributed by atoms with E-state index >= 15 is 0 Å². The van der Waals surface area contributed by atoms with E-state index in [1.165, 1.54) is 0 Å². The summed E-state index contributed by atoms with van der Waals surface area (Å²) in [6, 6.07) is 9.54. The van der Waals surface area contributed by atoms with E-state index < -0.39 is 0 Å². The molecular formula is C27H32ClN9. The van der Waals surface area contributed by atoms with Crippen molar-refractivity contribution in [3.05, 3.63) is 65.7 Å². The zero-order chi connectivity index (χ0) is 26.4. The van der Waals surface area contributed by atoms with E-state index in [1.807, 2.05) is 28.9 Å². The molecule has 4 aromatic rings. The molecule has 0 aliphatic heterocycles. The minimum Gasteiger partial charge on any atom is -0.383 e. The van der Waals surface area contributed by atoms with E-state index in [-0.39, 0.29) is 17.0 Å². The van der Waals surface area contributed by atoms with Crippen LogP contribution in [0, 0.1) is 5.41 Å². The van der Waals surface area contributed by atoms with Crippen LogP contribution in [0.2, 0.25) is 5.02 Å². The molecule has 5 rings (SSSR count). The summed E-state index contributed by atoms with van der Waals surface area (Å²) in [4.78, 5) is 13.3. The third-order valence-corrected chi connectivity index (χ3v) is 8.15. The summed E-state index contributed by atoms with van der Waals surface area (Å²) in [6.07, 6.45) is 9.11. The molecule has 0 amide bonds. The van der Waals surface area contributed by atoms with E-state index in [4.69, 9.17) is 23.1 Å². The number of amidine groups is 1. The van der Waals surface area contributed by atoms with Crippen molar-refractivity contribution in [2.24, 2.45) is 21.9 Å². The van der Waals surface area contributed by atoms with Gasteiger partial charge in [-0.15, -0.1) is 0 Å². The van der Waals surface area contributed by atoms with Gasteiger partial charge in [0.25, 0.3) is 0 Å². The van der Waals surface area contributed by atoms with Gasteiger partial charge in [0, 0.05) is 53.8 Å². The van der Waals surface area contributed by atoms with E-state index in [0.717, 1.165) is 35.2 Å². The van der Waals surface area contributed by atoms with Crippen LogP contribution in [-0.4, -0.2) is 44.0 Å². The number of halogens is 1. The molecule has 0 saturated heterocycles. The molecule has 1 fully saturated rings. The van der Waals surface area contributed by atoms with Crippen LogP contribution in [0.4, 0.5) is 17.3 Å². The predicted molar refractivity (Wildman–Crippen MR) is 151 cm³/mol. The highest BCUT2D eigenvalue weighted by Crippen LogP contribution is 2.46. The summed E-state index contributed by atoms with van der Waals surface area (Å²) >= 11 is 6.36. The minimum atomic E-state index is -0.301. The Labute approximate surface area is 221 Å². The fourth-order valence-electron chi connectivity index (χ4n) is 4.85. The number of para-hydroxylation sites is 1. The van der Waals surface area contributed by atoms with Crippen LogP contribution in [0.15, 0.2) is 60.1 Å². The molecule has 3 aromatic heterocycles. The number of nitrogens with one attached hydrogen (secondary N) is 2. The maximum atomic E-state index is 6.69. The quantitative estimate of drug-likeness (QED) is 0.212. The average Bonchev–Trinajstić information content (AvgIpc) is 3.40. The van der Waals surface area contributed by atoms with Gasteiger partial charge in [-0.1, -0.05) is 37.6 Å². The Kier molecular flexibility index (Phi) is 6.29. The summed E-state index contributed by atoms with van der Waals surface area (Å²) in [5, 5.41) is 11.9. The van der Waals surface area contributed by atoms with Crippen LogP contribution < -0.4 is 22.1 Å². The van der Waals surface area contributed by atoms with Gasteiger partial charge < -0.3 is 22.1 Å². The van der Waals surface area contributed by atoms with Gasteiger partial charge in [0.05, 0.1) is 33.7 Å². The zero-order valence-corrected chi connectivity index (χ0v) is 22.2. The molecule has 10 heteroatoms.